The fourth-order valence-electron chi connectivity index (χ4n) is 2.01. The highest BCUT2D eigenvalue weighted by Crippen LogP contribution is 2.14. The zero-order valence-electron chi connectivity index (χ0n) is 12.0. The SMILES string of the molecule is CCCn1ncnc1COc1ccc(CC(C)O)cc1. The molecule has 0 bridgehead atoms. The van der Waals surface area contributed by atoms with Crippen molar-refractivity contribution in [2.45, 2.75) is 45.9 Å². The van der Waals surface area contributed by atoms with Gasteiger partial charge in [-0.25, -0.2) is 9.67 Å². The fraction of sp³-hybridized carbons (Fsp3) is 0.467. The summed E-state index contributed by atoms with van der Waals surface area (Å²) in [6.07, 6.45) is 2.91. The van der Waals surface area contributed by atoms with Crippen molar-refractivity contribution in [1.82, 2.24) is 14.8 Å². The molecular formula is C15H21N3O2. The Morgan fingerprint density at radius 1 is 1.30 bits per heavy atom. The summed E-state index contributed by atoms with van der Waals surface area (Å²) in [4.78, 5) is 4.20. The monoisotopic (exact) mass is 275 g/mol. The number of aromatic nitrogens is 3. The second-order valence-electron chi connectivity index (χ2n) is 4.89. The van der Waals surface area contributed by atoms with E-state index in [4.69, 9.17) is 4.74 Å². The Labute approximate surface area is 119 Å². The zero-order valence-corrected chi connectivity index (χ0v) is 12.0. The third-order valence-corrected chi connectivity index (χ3v) is 2.95. The van der Waals surface area contributed by atoms with Crippen LogP contribution in [0.15, 0.2) is 30.6 Å². The molecule has 1 heterocycles. The molecule has 0 aliphatic rings. The quantitative estimate of drug-likeness (QED) is 0.841. The lowest BCUT2D eigenvalue weighted by Crippen LogP contribution is -2.08. The normalized spacial score (nSPS) is 12.3. The molecule has 0 radical (unpaired) electrons. The number of aryl methyl sites for hydroxylation is 1. The molecule has 0 aliphatic heterocycles. The Morgan fingerprint density at radius 3 is 2.70 bits per heavy atom. The van der Waals surface area contributed by atoms with Crippen LogP contribution in [-0.4, -0.2) is 26.0 Å². The van der Waals surface area contributed by atoms with Gasteiger partial charge in [-0.15, -0.1) is 0 Å². The Balaban J connectivity index is 1.92. The number of nitrogens with zero attached hydrogens (tertiary/aromatic N) is 3. The average Bonchev–Trinajstić information content (AvgIpc) is 2.85. The van der Waals surface area contributed by atoms with Crippen molar-refractivity contribution in [2.24, 2.45) is 0 Å². The van der Waals surface area contributed by atoms with Crippen molar-refractivity contribution >= 4 is 0 Å². The van der Waals surface area contributed by atoms with Crippen LogP contribution >= 0.6 is 0 Å². The van der Waals surface area contributed by atoms with Crippen LogP contribution in [0.4, 0.5) is 0 Å². The highest BCUT2D eigenvalue weighted by Gasteiger charge is 2.05. The van der Waals surface area contributed by atoms with Crippen LogP contribution in [0.1, 0.15) is 31.7 Å². The first-order valence-corrected chi connectivity index (χ1v) is 6.95. The minimum Gasteiger partial charge on any atom is -0.486 e. The number of rotatable bonds is 7. The molecule has 5 heteroatoms. The lowest BCUT2D eigenvalue weighted by atomic mass is 10.1. The summed E-state index contributed by atoms with van der Waals surface area (Å²) in [5, 5.41) is 13.5. The fourth-order valence-corrected chi connectivity index (χ4v) is 2.01. The predicted octanol–water partition coefficient (Wildman–Crippen LogP) is 2.19. The third kappa shape index (κ3) is 4.06. The van der Waals surface area contributed by atoms with Crippen LogP contribution in [0, 0.1) is 0 Å². The van der Waals surface area contributed by atoms with Gasteiger partial charge in [0.2, 0.25) is 0 Å². The topological polar surface area (TPSA) is 60.2 Å². The summed E-state index contributed by atoms with van der Waals surface area (Å²) < 4.78 is 7.57. The number of aliphatic hydroxyl groups is 1. The molecule has 2 rings (SSSR count). The highest BCUT2D eigenvalue weighted by atomic mass is 16.5. The van der Waals surface area contributed by atoms with E-state index in [2.05, 4.69) is 17.0 Å². The van der Waals surface area contributed by atoms with Gasteiger partial charge in [0.1, 0.15) is 18.7 Å². The van der Waals surface area contributed by atoms with Crippen LogP contribution in [-0.2, 0) is 19.6 Å². The van der Waals surface area contributed by atoms with E-state index in [0.29, 0.717) is 13.0 Å². The lowest BCUT2D eigenvalue weighted by Gasteiger charge is -2.09. The van der Waals surface area contributed by atoms with E-state index in [1.807, 2.05) is 28.9 Å². The molecule has 0 spiro atoms. The van der Waals surface area contributed by atoms with E-state index in [0.717, 1.165) is 30.1 Å². The van der Waals surface area contributed by atoms with Gasteiger partial charge in [0.05, 0.1) is 6.10 Å². The maximum Gasteiger partial charge on any atom is 0.164 e. The molecule has 0 aliphatic carbocycles. The molecule has 1 aromatic carbocycles. The van der Waals surface area contributed by atoms with Crippen LogP contribution in [0.5, 0.6) is 5.75 Å². The summed E-state index contributed by atoms with van der Waals surface area (Å²) in [5.74, 6) is 1.63. The molecule has 108 valence electrons. The van der Waals surface area contributed by atoms with Gasteiger partial charge in [-0.2, -0.15) is 5.10 Å². The molecule has 5 nitrogen and oxygen atoms in total. The van der Waals surface area contributed by atoms with Crippen molar-refractivity contribution < 1.29 is 9.84 Å². The summed E-state index contributed by atoms with van der Waals surface area (Å²) in [7, 11) is 0. The molecular weight excluding hydrogens is 254 g/mol. The van der Waals surface area contributed by atoms with Crippen LogP contribution < -0.4 is 4.74 Å². The van der Waals surface area contributed by atoms with Crippen LogP contribution in [0.25, 0.3) is 0 Å². The number of aliphatic hydroxyl groups excluding tert-OH is 1. The molecule has 1 atom stereocenters. The van der Waals surface area contributed by atoms with Crippen molar-refractivity contribution in [3.05, 3.63) is 42.0 Å². The van der Waals surface area contributed by atoms with E-state index in [9.17, 15) is 5.11 Å². The first-order chi connectivity index (χ1) is 9.69. The second-order valence-corrected chi connectivity index (χ2v) is 4.89. The van der Waals surface area contributed by atoms with Crippen molar-refractivity contribution in [3.8, 4) is 5.75 Å². The number of benzene rings is 1. The van der Waals surface area contributed by atoms with Gasteiger partial charge in [0.25, 0.3) is 0 Å². The Hall–Kier alpha value is -1.88. The Bertz CT molecular complexity index is 520. The first-order valence-electron chi connectivity index (χ1n) is 6.95. The average molecular weight is 275 g/mol. The maximum atomic E-state index is 9.34. The van der Waals surface area contributed by atoms with Crippen LogP contribution in [0.2, 0.25) is 0 Å². The van der Waals surface area contributed by atoms with Crippen molar-refractivity contribution in [2.75, 3.05) is 0 Å². The highest BCUT2D eigenvalue weighted by molar-refractivity contribution is 5.27. The third-order valence-electron chi connectivity index (χ3n) is 2.95. The summed E-state index contributed by atoms with van der Waals surface area (Å²) in [5.41, 5.74) is 1.10. The smallest absolute Gasteiger partial charge is 0.164 e. The standard InChI is InChI=1S/C15H21N3O2/c1-3-8-18-15(16-11-17-18)10-20-14-6-4-13(5-7-14)9-12(2)19/h4-7,11-12,19H,3,8-10H2,1-2H3. The lowest BCUT2D eigenvalue weighted by molar-refractivity contribution is 0.195. The number of ether oxygens (including phenoxy) is 1. The van der Waals surface area contributed by atoms with Gasteiger partial charge in [-0.3, -0.25) is 0 Å². The Morgan fingerprint density at radius 2 is 2.05 bits per heavy atom. The summed E-state index contributed by atoms with van der Waals surface area (Å²) in [6, 6.07) is 7.77. The summed E-state index contributed by atoms with van der Waals surface area (Å²) >= 11 is 0. The predicted molar refractivity (Wildman–Crippen MR) is 76.5 cm³/mol. The minimum atomic E-state index is -0.325. The molecule has 1 unspecified atom stereocenters. The second kappa shape index (κ2) is 7.05. The number of hydrogen-bond acceptors (Lipinski definition) is 4. The molecule has 20 heavy (non-hydrogen) atoms. The molecule has 2 aromatic rings. The minimum absolute atomic E-state index is 0.325. The van der Waals surface area contributed by atoms with Gasteiger partial charge < -0.3 is 9.84 Å². The largest absolute Gasteiger partial charge is 0.486 e. The van der Waals surface area contributed by atoms with E-state index in [-0.39, 0.29) is 6.10 Å². The maximum absolute atomic E-state index is 9.34. The van der Waals surface area contributed by atoms with Gasteiger partial charge in [0.15, 0.2) is 5.82 Å². The zero-order chi connectivity index (χ0) is 14.4. The number of hydrogen-bond donors (Lipinski definition) is 1. The molecule has 0 saturated heterocycles. The Kier molecular flexibility index (Phi) is 5.12. The van der Waals surface area contributed by atoms with Gasteiger partial charge >= 0.3 is 0 Å². The first kappa shape index (κ1) is 14.5. The van der Waals surface area contributed by atoms with Gasteiger partial charge in [-0.1, -0.05) is 19.1 Å². The summed E-state index contributed by atoms with van der Waals surface area (Å²) in [6.45, 7) is 5.15. The molecule has 0 amide bonds. The van der Waals surface area contributed by atoms with E-state index < -0.39 is 0 Å². The van der Waals surface area contributed by atoms with Crippen molar-refractivity contribution in [3.63, 3.8) is 0 Å². The van der Waals surface area contributed by atoms with E-state index in [1.165, 1.54) is 0 Å². The molecule has 1 aromatic heterocycles. The van der Waals surface area contributed by atoms with Gasteiger partial charge in [-0.05, 0) is 37.5 Å². The molecule has 0 fully saturated rings. The van der Waals surface area contributed by atoms with Gasteiger partial charge in [0, 0.05) is 6.54 Å². The van der Waals surface area contributed by atoms with Crippen LogP contribution in [0.3, 0.4) is 0 Å². The van der Waals surface area contributed by atoms with E-state index in [1.54, 1.807) is 13.3 Å². The molecule has 1 N–H and O–H groups in total. The van der Waals surface area contributed by atoms with E-state index >= 15 is 0 Å². The van der Waals surface area contributed by atoms with Crippen molar-refractivity contribution in [1.29, 1.82) is 0 Å². The molecule has 0 saturated carbocycles.